The molecule has 18 heavy (non-hydrogen) atoms. The van der Waals surface area contributed by atoms with Crippen LogP contribution in [0, 0.1) is 11.7 Å². The van der Waals surface area contributed by atoms with Crippen LogP contribution in [0.3, 0.4) is 0 Å². The second-order valence-electron chi connectivity index (χ2n) is 4.82. The fourth-order valence-corrected chi connectivity index (χ4v) is 4.29. The van der Waals surface area contributed by atoms with Crippen molar-refractivity contribution in [3.63, 3.8) is 0 Å². The SMILES string of the molecule is CC1CNC(c2ccc(F)c(Cl)c2)CS(=O)(=O)C1. The van der Waals surface area contributed by atoms with Gasteiger partial charge in [0, 0.05) is 6.04 Å². The van der Waals surface area contributed by atoms with E-state index in [1.807, 2.05) is 6.92 Å². The molecular formula is C12H15ClFNO2S. The van der Waals surface area contributed by atoms with Crippen LogP contribution in [0.25, 0.3) is 0 Å². The summed E-state index contributed by atoms with van der Waals surface area (Å²) in [5.74, 6) is -0.203. The van der Waals surface area contributed by atoms with Gasteiger partial charge in [0.25, 0.3) is 0 Å². The third kappa shape index (κ3) is 3.22. The lowest BCUT2D eigenvalue weighted by molar-refractivity contribution is 0.517. The first kappa shape index (κ1) is 13.8. The first-order chi connectivity index (χ1) is 8.37. The summed E-state index contributed by atoms with van der Waals surface area (Å²) < 4.78 is 36.8. The number of hydrogen-bond acceptors (Lipinski definition) is 3. The molecule has 1 saturated heterocycles. The molecule has 1 aliphatic heterocycles. The van der Waals surface area contributed by atoms with Gasteiger partial charge in [-0.25, -0.2) is 12.8 Å². The maximum atomic E-state index is 13.1. The van der Waals surface area contributed by atoms with Crippen molar-refractivity contribution in [2.45, 2.75) is 13.0 Å². The van der Waals surface area contributed by atoms with Gasteiger partial charge < -0.3 is 5.32 Å². The Hall–Kier alpha value is -0.650. The minimum Gasteiger partial charge on any atom is -0.309 e. The summed E-state index contributed by atoms with van der Waals surface area (Å²) >= 11 is 5.72. The predicted molar refractivity (Wildman–Crippen MR) is 70.0 cm³/mol. The summed E-state index contributed by atoms with van der Waals surface area (Å²) in [6.45, 7) is 2.52. The minimum atomic E-state index is -3.09. The van der Waals surface area contributed by atoms with Gasteiger partial charge in [0.2, 0.25) is 0 Å². The van der Waals surface area contributed by atoms with E-state index in [-0.39, 0.29) is 28.5 Å². The summed E-state index contributed by atoms with van der Waals surface area (Å²) in [5.41, 5.74) is 0.707. The van der Waals surface area contributed by atoms with E-state index in [4.69, 9.17) is 11.6 Å². The van der Waals surface area contributed by atoms with Crippen LogP contribution in [-0.2, 0) is 9.84 Å². The van der Waals surface area contributed by atoms with Crippen LogP contribution in [0.2, 0.25) is 5.02 Å². The Kier molecular flexibility index (Phi) is 3.94. The topological polar surface area (TPSA) is 46.2 Å². The van der Waals surface area contributed by atoms with Gasteiger partial charge in [-0.05, 0) is 30.2 Å². The fourth-order valence-electron chi connectivity index (χ4n) is 2.16. The standard InChI is InChI=1S/C12H15ClFNO2S/c1-8-5-15-12(7-18(16,17)6-8)9-2-3-11(14)10(13)4-9/h2-4,8,12,15H,5-7H2,1H3. The van der Waals surface area contributed by atoms with Gasteiger partial charge in [-0.2, -0.15) is 0 Å². The Morgan fingerprint density at radius 1 is 1.39 bits per heavy atom. The third-order valence-corrected chi connectivity index (χ3v) is 5.23. The number of nitrogens with one attached hydrogen (secondary N) is 1. The smallest absolute Gasteiger partial charge is 0.152 e. The van der Waals surface area contributed by atoms with Crippen LogP contribution >= 0.6 is 11.6 Å². The average molecular weight is 292 g/mol. The molecule has 0 saturated carbocycles. The molecule has 0 spiro atoms. The molecule has 1 fully saturated rings. The summed E-state index contributed by atoms with van der Waals surface area (Å²) in [6.07, 6.45) is 0. The van der Waals surface area contributed by atoms with Crippen molar-refractivity contribution in [2.75, 3.05) is 18.1 Å². The van der Waals surface area contributed by atoms with E-state index < -0.39 is 15.7 Å². The van der Waals surface area contributed by atoms with Gasteiger partial charge >= 0.3 is 0 Å². The molecule has 2 unspecified atom stereocenters. The van der Waals surface area contributed by atoms with Gasteiger partial charge in [-0.1, -0.05) is 24.6 Å². The van der Waals surface area contributed by atoms with E-state index in [1.54, 1.807) is 6.07 Å². The molecule has 0 aliphatic carbocycles. The second kappa shape index (κ2) is 5.15. The Morgan fingerprint density at radius 2 is 2.11 bits per heavy atom. The average Bonchev–Trinajstić information content (AvgIpc) is 2.40. The third-order valence-electron chi connectivity index (χ3n) is 3.02. The maximum Gasteiger partial charge on any atom is 0.152 e. The largest absolute Gasteiger partial charge is 0.309 e. The molecule has 100 valence electrons. The van der Waals surface area contributed by atoms with Gasteiger partial charge in [0.15, 0.2) is 9.84 Å². The van der Waals surface area contributed by atoms with Crippen molar-refractivity contribution in [1.82, 2.24) is 5.32 Å². The van der Waals surface area contributed by atoms with E-state index in [0.29, 0.717) is 12.1 Å². The summed E-state index contributed by atoms with van der Waals surface area (Å²) in [7, 11) is -3.09. The van der Waals surface area contributed by atoms with Crippen LogP contribution in [0.1, 0.15) is 18.5 Å². The van der Waals surface area contributed by atoms with Gasteiger partial charge in [0.05, 0.1) is 16.5 Å². The zero-order valence-electron chi connectivity index (χ0n) is 9.99. The van der Waals surface area contributed by atoms with Crippen molar-refractivity contribution >= 4 is 21.4 Å². The lowest BCUT2D eigenvalue weighted by Crippen LogP contribution is -2.26. The van der Waals surface area contributed by atoms with Crippen molar-refractivity contribution in [3.8, 4) is 0 Å². The van der Waals surface area contributed by atoms with Crippen LogP contribution in [-0.4, -0.2) is 26.5 Å². The van der Waals surface area contributed by atoms with E-state index in [1.165, 1.54) is 12.1 Å². The van der Waals surface area contributed by atoms with Crippen molar-refractivity contribution < 1.29 is 12.8 Å². The number of rotatable bonds is 1. The summed E-state index contributed by atoms with van der Waals surface area (Å²) in [6, 6.07) is 4.00. The maximum absolute atomic E-state index is 13.1. The number of sulfone groups is 1. The van der Waals surface area contributed by atoms with E-state index in [0.717, 1.165) is 0 Å². The molecule has 0 aromatic heterocycles. The molecule has 0 radical (unpaired) electrons. The molecule has 0 amide bonds. The molecule has 2 atom stereocenters. The Bertz CT molecular complexity index is 547. The highest BCUT2D eigenvalue weighted by molar-refractivity contribution is 7.91. The van der Waals surface area contributed by atoms with E-state index in [2.05, 4.69) is 5.32 Å². The number of hydrogen-bond donors (Lipinski definition) is 1. The normalized spacial score (nSPS) is 27.7. The molecule has 0 bridgehead atoms. The molecule has 3 nitrogen and oxygen atoms in total. The van der Waals surface area contributed by atoms with E-state index in [9.17, 15) is 12.8 Å². The van der Waals surface area contributed by atoms with Gasteiger partial charge in [0.1, 0.15) is 5.82 Å². The zero-order valence-corrected chi connectivity index (χ0v) is 11.6. The predicted octanol–water partition coefficient (Wildman–Crippen LogP) is 2.17. The van der Waals surface area contributed by atoms with Crippen molar-refractivity contribution in [1.29, 1.82) is 0 Å². The van der Waals surface area contributed by atoms with Crippen molar-refractivity contribution in [2.24, 2.45) is 5.92 Å². The molecule has 1 aromatic rings. The first-order valence-electron chi connectivity index (χ1n) is 5.76. The summed E-state index contributed by atoms with van der Waals surface area (Å²) in [5, 5.41) is 3.21. The Morgan fingerprint density at radius 3 is 2.78 bits per heavy atom. The number of benzene rings is 1. The quantitative estimate of drug-likeness (QED) is 0.863. The fraction of sp³-hybridized carbons (Fsp3) is 0.500. The monoisotopic (exact) mass is 291 g/mol. The number of halogens is 2. The molecule has 1 aromatic carbocycles. The highest BCUT2D eigenvalue weighted by Gasteiger charge is 2.27. The van der Waals surface area contributed by atoms with Crippen LogP contribution in [0.15, 0.2) is 18.2 Å². The van der Waals surface area contributed by atoms with E-state index >= 15 is 0 Å². The lowest BCUT2D eigenvalue weighted by Gasteiger charge is -2.16. The van der Waals surface area contributed by atoms with Gasteiger partial charge in [-0.3, -0.25) is 0 Å². The molecule has 1 N–H and O–H groups in total. The Balaban J connectivity index is 2.29. The van der Waals surface area contributed by atoms with Crippen LogP contribution in [0.5, 0.6) is 0 Å². The molecule has 2 rings (SSSR count). The molecule has 1 heterocycles. The summed E-state index contributed by atoms with van der Waals surface area (Å²) in [4.78, 5) is 0. The molecule has 6 heteroatoms. The minimum absolute atomic E-state index is 0.0176. The second-order valence-corrected chi connectivity index (χ2v) is 7.38. The lowest BCUT2D eigenvalue weighted by atomic mass is 10.1. The zero-order chi connectivity index (χ0) is 13.3. The highest BCUT2D eigenvalue weighted by atomic mass is 35.5. The Labute approximate surface area is 111 Å². The van der Waals surface area contributed by atoms with Crippen LogP contribution in [0.4, 0.5) is 4.39 Å². The molecule has 1 aliphatic rings. The molecular weight excluding hydrogens is 277 g/mol. The van der Waals surface area contributed by atoms with Gasteiger partial charge in [-0.15, -0.1) is 0 Å². The highest BCUT2D eigenvalue weighted by Crippen LogP contribution is 2.24. The van der Waals surface area contributed by atoms with Crippen LogP contribution < -0.4 is 5.32 Å². The van der Waals surface area contributed by atoms with Crippen molar-refractivity contribution in [3.05, 3.63) is 34.6 Å². The first-order valence-corrected chi connectivity index (χ1v) is 7.96.